The number of aliphatic carboxylic acids is 1. The van der Waals surface area contributed by atoms with Crippen LogP contribution in [0.2, 0.25) is 10.0 Å². The summed E-state index contributed by atoms with van der Waals surface area (Å²) in [7, 11) is 1.53. The Morgan fingerprint density at radius 3 is 2.11 bits per heavy atom. The summed E-state index contributed by atoms with van der Waals surface area (Å²) in [5.74, 6) is -2.51. The number of methoxy groups -OCH3 is 1. The van der Waals surface area contributed by atoms with Gasteiger partial charge in [0.1, 0.15) is 22.4 Å². The number of hydrogen-bond donors (Lipinski definition) is 2. The summed E-state index contributed by atoms with van der Waals surface area (Å²) in [5, 5.41) is 12.3. The zero-order valence-electron chi connectivity index (χ0n) is 25.8. The third-order valence-corrected chi connectivity index (χ3v) is 9.70. The number of halogens is 4. The van der Waals surface area contributed by atoms with Gasteiger partial charge in [0, 0.05) is 32.7 Å². The number of nitrogens with one attached hydrogen (secondary N) is 1. The highest BCUT2D eigenvalue weighted by Gasteiger charge is 2.35. The normalized spacial score (nSPS) is 14.2. The molecule has 1 aliphatic carbocycles. The van der Waals surface area contributed by atoms with E-state index >= 15 is 0 Å². The molecule has 0 aliphatic heterocycles. The number of carbonyl (C=O) groups is 3. The van der Waals surface area contributed by atoms with Crippen LogP contribution in [0.3, 0.4) is 0 Å². The molecule has 1 fully saturated rings. The standard InChI is InChI=1S/C35H33Cl2F2NO6S/c1-18(2)35(38,39)46-24-15-26(36)29(27(37)16-24)20(4)31(41)19(3)25-17-28(21-11-13-23(45-5)14-12-21)47-32(25)33(42)40-30(34(43)44)22-9-7-6-8-10-22/h11-17,22,30H,1,3-4,6-10H2,2,5H3,(H,40,42)(H,43,44)/t30-/m0/s1. The minimum absolute atomic E-state index is 0.0367. The molecule has 4 rings (SSSR count). The molecule has 1 saturated carbocycles. The fraction of sp³-hybridized carbons (Fsp3) is 0.286. The maximum absolute atomic E-state index is 14.1. The van der Waals surface area contributed by atoms with Crippen LogP contribution in [0, 0.1) is 5.92 Å². The molecule has 2 N–H and O–H groups in total. The van der Waals surface area contributed by atoms with E-state index in [2.05, 4.69) is 25.1 Å². The second-order valence-electron chi connectivity index (χ2n) is 11.2. The lowest BCUT2D eigenvalue weighted by molar-refractivity contribution is -0.142. The monoisotopic (exact) mass is 703 g/mol. The van der Waals surface area contributed by atoms with E-state index in [1.807, 2.05) is 0 Å². The van der Waals surface area contributed by atoms with Crippen molar-refractivity contribution in [3.8, 4) is 21.9 Å². The Morgan fingerprint density at radius 2 is 1.57 bits per heavy atom. The van der Waals surface area contributed by atoms with Gasteiger partial charge in [-0.25, -0.2) is 4.79 Å². The third kappa shape index (κ3) is 8.12. The number of benzene rings is 2. The van der Waals surface area contributed by atoms with Gasteiger partial charge in [0.25, 0.3) is 5.91 Å². The number of carbonyl (C=O) groups excluding carboxylic acids is 2. The molecule has 7 nitrogen and oxygen atoms in total. The molecule has 1 amide bonds. The van der Waals surface area contributed by atoms with E-state index in [0.717, 1.165) is 49.7 Å². The van der Waals surface area contributed by atoms with Crippen molar-refractivity contribution >= 4 is 63.3 Å². The van der Waals surface area contributed by atoms with Crippen molar-refractivity contribution in [3.63, 3.8) is 0 Å². The van der Waals surface area contributed by atoms with Crippen LogP contribution >= 0.6 is 34.5 Å². The van der Waals surface area contributed by atoms with Crippen molar-refractivity contribution in [1.82, 2.24) is 5.32 Å². The van der Waals surface area contributed by atoms with Crippen LogP contribution in [0.15, 0.2) is 67.8 Å². The zero-order valence-corrected chi connectivity index (χ0v) is 28.1. The Morgan fingerprint density at radius 1 is 0.979 bits per heavy atom. The topological polar surface area (TPSA) is 102 Å². The van der Waals surface area contributed by atoms with Crippen LogP contribution < -0.4 is 14.8 Å². The summed E-state index contributed by atoms with van der Waals surface area (Å²) in [4.78, 5) is 40.5. The van der Waals surface area contributed by atoms with Crippen LogP contribution in [-0.4, -0.2) is 42.0 Å². The lowest BCUT2D eigenvalue weighted by atomic mass is 9.84. The first-order chi connectivity index (χ1) is 22.1. The summed E-state index contributed by atoms with van der Waals surface area (Å²) < 4.78 is 38.2. The summed E-state index contributed by atoms with van der Waals surface area (Å²) in [6.07, 6.45) is 0.410. The molecule has 248 valence electrons. The van der Waals surface area contributed by atoms with Crippen molar-refractivity contribution in [2.45, 2.75) is 51.2 Å². The van der Waals surface area contributed by atoms with E-state index < -0.39 is 35.4 Å². The Bertz CT molecular complexity index is 1720. The third-order valence-electron chi connectivity index (χ3n) is 7.92. The quantitative estimate of drug-likeness (QED) is 0.136. The molecule has 1 aromatic heterocycles. The van der Waals surface area contributed by atoms with Gasteiger partial charge < -0.3 is 19.9 Å². The molecule has 0 unspecified atom stereocenters. The first-order valence-electron chi connectivity index (χ1n) is 14.6. The highest BCUT2D eigenvalue weighted by atomic mass is 35.5. The molecule has 0 radical (unpaired) electrons. The number of thiophene rings is 1. The molecular formula is C35H33Cl2F2NO6S. The second kappa shape index (κ2) is 14.8. The number of ketones is 1. The molecular weight excluding hydrogens is 671 g/mol. The Balaban J connectivity index is 1.70. The van der Waals surface area contributed by atoms with Crippen LogP contribution in [0.1, 0.15) is 59.8 Å². The average molecular weight is 705 g/mol. The minimum Gasteiger partial charge on any atom is -0.497 e. The average Bonchev–Trinajstić information content (AvgIpc) is 3.48. The van der Waals surface area contributed by atoms with E-state index in [0.29, 0.717) is 29.0 Å². The van der Waals surface area contributed by atoms with Crippen LogP contribution in [-0.2, 0) is 9.59 Å². The van der Waals surface area contributed by atoms with E-state index in [1.165, 1.54) is 7.11 Å². The van der Waals surface area contributed by atoms with Crippen LogP contribution in [0.5, 0.6) is 11.5 Å². The van der Waals surface area contributed by atoms with Crippen molar-refractivity contribution in [1.29, 1.82) is 0 Å². The van der Waals surface area contributed by atoms with Crippen LogP contribution in [0.25, 0.3) is 21.6 Å². The molecule has 3 aromatic rings. The minimum atomic E-state index is -3.69. The lowest BCUT2D eigenvalue weighted by Crippen LogP contribution is -2.46. The highest BCUT2D eigenvalue weighted by Crippen LogP contribution is 2.41. The number of rotatable bonds is 13. The first kappa shape index (κ1) is 35.9. The predicted molar refractivity (Wildman–Crippen MR) is 182 cm³/mol. The fourth-order valence-corrected chi connectivity index (χ4v) is 7.08. The number of hydrogen-bond acceptors (Lipinski definition) is 6. The van der Waals surface area contributed by atoms with Gasteiger partial charge >= 0.3 is 12.1 Å². The highest BCUT2D eigenvalue weighted by molar-refractivity contribution is 7.17. The number of amides is 1. The molecule has 1 atom stereocenters. The van der Waals surface area contributed by atoms with Gasteiger partial charge in [-0.15, -0.1) is 11.3 Å². The van der Waals surface area contributed by atoms with Gasteiger partial charge in [-0.1, -0.05) is 62.2 Å². The van der Waals surface area contributed by atoms with Gasteiger partial charge in [0.05, 0.1) is 17.2 Å². The molecule has 0 bridgehead atoms. The van der Waals surface area contributed by atoms with Crippen molar-refractivity contribution in [2.24, 2.45) is 5.92 Å². The number of Topliss-reactive ketones (excluding diaryl/α,β-unsaturated/α-hetero) is 1. The van der Waals surface area contributed by atoms with E-state index in [4.69, 9.17) is 32.7 Å². The Hall–Kier alpha value is -3.99. The number of carboxylic acid groups (broad SMARTS) is 1. The molecule has 2 aromatic carbocycles. The molecule has 0 saturated heterocycles. The van der Waals surface area contributed by atoms with Gasteiger partial charge in [-0.05, 0) is 73.7 Å². The maximum Gasteiger partial charge on any atom is 0.422 e. The zero-order chi connectivity index (χ0) is 34.6. The first-order valence-corrected chi connectivity index (χ1v) is 16.2. The molecule has 47 heavy (non-hydrogen) atoms. The summed E-state index contributed by atoms with van der Waals surface area (Å²) >= 11 is 13.8. The van der Waals surface area contributed by atoms with Gasteiger partial charge in [-0.2, -0.15) is 8.78 Å². The van der Waals surface area contributed by atoms with E-state index in [-0.39, 0.29) is 48.9 Å². The van der Waals surface area contributed by atoms with Crippen molar-refractivity contribution in [2.75, 3.05) is 7.11 Å². The summed E-state index contributed by atoms with van der Waals surface area (Å²) in [6, 6.07) is 9.69. The molecule has 0 spiro atoms. The second-order valence-corrected chi connectivity index (χ2v) is 13.1. The number of alkyl halides is 2. The van der Waals surface area contributed by atoms with Gasteiger partial charge in [-0.3, -0.25) is 9.59 Å². The Labute approximate surface area is 285 Å². The number of ether oxygens (including phenoxy) is 2. The number of carboxylic acids is 1. The number of allylic oxidation sites excluding steroid dienone is 2. The van der Waals surface area contributed by atoms with E-state index in [9.17, 15) is 28.3 Å². The van der Waals surface area contributed by atoms with E-state index in [1.54, 1.807) is 30.3 Å². The summed E-state index contributed by atoms with van der Waals surface area (Å²) in [6.45, 7) is 12.1. The van der Waals surface area contributed by atoms with Crippen LogP contribution in [0.4, 0.5) is 8.78 Å². The van der Waals surface area contributed by atoms with Crippen molar-refractivity contribution in [3.05, 3.63) is 93.8 Å². The smallest absolute Gasteiger partial charge is 0.422 e. The largest absolute Gasteiger partial charge is 0.497 e. The SMILES string of the molecule is C=C(C(=O)C(=C)c1c(Cl)cc(OC(F)(F)C(=C)C)cc1Cl)c1cc(-c2ccc(OC)cc2)sc1C(=O)N[C@H](C(=O)O)C1CCCCC1. The van der Waals surface area contributed by atoms with Gasteiger partial charge in [0.15, 0.2) is 5.78 Å². The Kier molecular flexibility index (Phi) is 11.3. The summed E-state index contributed by atoms with van der Waals surface area (Å²) in [5.41, 5.74) is -0.0524. The molecule has 12 heteroatoms. The lowest BCUT2D eigenvalue weighted by Gasteiger charge is -2.28. The maximum atomic E-state index is 14.1. The van der Waals surface area contributed by atoms with Gasteiger partial charge in [0.2, 0.25) is 0 Å². The fourth-order valence-electron chi connectivity index (χ4n) is 5.29. The molecule has 1 aliphatic rings. The predicted octanol–water partition coefficient (Wildman–Crippen LogP) is 9.34. The van der Waals surface area contributed by atoms with Crippen molar-refractivity contribution < 1.29 is 37.7 Å². The molecule has 1 heterocycles.